The highest BCUT2D eigenvalue weighted by Gasteiger charge is 2.12. The number of halogens is 1. The van der Waals surface area contributed by atoms with Gasteiger partial charge in [-0.3, -0.25) is 0 Å². The number of rotatable bonds is 6. The topological polar surface area (TPSA) is 12.0 Å². The predicted octanol–water partition coefficient (Wildman–Crippen LogP) is 4.24. The van der Waals surface area contributed by atoms with E-state index in [-0.39, 0.29) is 0 Å². The number of hydrogen-bond donors (Lipinski definition) is 1. The van der Waals surface area contributed by atoms with E-state index in [0.29, 0.717) is 12.1 Å². The Morgan fingerprint density at radius 1 is 1.44 bits per heavy atom. The molecule has 16 heavy (non-hydrogen) atoms. The molecule has 1 N–H and O–H groups in total. The SMILES string of the molecule is CCC(NC(C)CSC)c1cccc(Br)c1. The maximum absolute atomic E-state index is 3.67. The van der Waals surface area contributed by atoms with Gasteiger partial charge in [-0.2, -0.15) is 11.8 Å². The molecule has 0 aliphatic rings. The van der Waals surface area contributed by atoms with E-state index in [1.165, 1.54) is 5.56 Å². The lowest BCUT2D eigenvalue weighted by Gasteiger charge is -2.22. The third-order valence-electron chi connectivity index (χ3n) is 2.56. The van der Waals surface area contributed by atoms with E-state index >= 15 is 0 Å². The molecule has 0 aromatic heterocycles. The molecule has 0 aliphatic heterocycles. The van der Waals surface area contributed by atoms with Crippen LogP contribution in [0.25, 0.3) is 0 Å². The van der Waals surface area contributed by atoms with Crippen molar-refractivity contribution < 1.29 is 0 Å². The van der Waals surface area contributed by atoms with Gasteiger partial charge in [-0.05, 0) is 37.3 Å². The molecule has 1 rings (SSSR count). The first kappa shape index (κ1) is 14.1. The molecule has 0 fully saturated rings. The minimum atomic E-state index is 0.458. The van der Waals surface area contributed by atoms with Crippen LogP contribution in [0.5, 0.6) is 0 Å². The van der Waals surface area contributed by atoms with Crippen LogP contribution in [0.2, 0.25) is 0 Å². The van der Waals surface area contributed by atoms with Gasteiger partial charge in [0.2, 0.25) is 0 Å². The molecule has 1 nitrogen and oxygen atoms in total. The van der Waals surface area contributed by atoms with E-state index < -0.39 is 0 Å². The first-order chi connectivity index (χ1) is 7.67. The Morgan fingerprint density at radius 3 is 2.75 bits per heavy atom. The lowest BCUT2D eigenvalue weighted by atomic mass is 10.0. The molecule has 0 saturated heterocycles. The van der Waals surface area contributed by atoms with Crippen LogP contribution in [-0.4, -0.2) is 18.1 Å². The maximum atomic E-state index is 3.67. The largest absolute Gasteiger partial charge is 0.307 e. The summed E-state index contributed by atoms with van der Waals surface area (Å²) in [6.45, 7) is 4.47. The van der Waals surface area contributed by atoms with Crippen molar-refractivity contribution in [2.75, 3.05) is 12.0 Å². The highest BCUT2D eigenvalue weighted by molar-refractivity contribution is 9.10. The van der Waals surface area contributed by atoms with E-state index in [4.69, 9.17) is 0 Å². The highest BCUT2D eigenvalue weighted by Crippen LogP contribution is 2.21. The van der Waals surface area contributed by atoms with Crippen LogP contribution in [0.15, 0.2) is 28.7 Å². The lowest BCUT2D eigenvalue weighted by Crippen LogP contribution is -2.32. The maximum Gasteiger partial charge on any atom is 0.0320 e. The Morgan fingerprint density at radius 2 is 2.19 bits per heavy atom. The first-order valence-corrected chi connectivity index (χ1v) is 7.86. The number of hydrogen-bond acceptors (Lipinski definition) is 2. The minimum absolute atomic E-state index is 0.458. The van der Waals surface area contributed by atoms with Gasteiger partial charge in [-0.25, -0.2) is 0 Å². The van der Waals surface area contributed by atoms with Gasteiger partial charge in [-0.1, -0.05) is 35.0 Å². The molecule has 0 radical (unpaired) electrons. The fourth-order valence-electron chi connectivity index (χ4n) is 1.81. The standard InChI is InChI=1S/C13H20BrNS/c1-4-13(15-10(2)9-16-3)11-6-5-7-12(14)8-11/h5-8,10,13,15H,4,9H2,1-3H3. The van der Waals surface area contributed by atoms with E-state index in [2.05, 4.69) is 65.6 Å². The van der Waals surface area contributed by atoms with Gasteiger partial charge >= 0.3 is 0 Å². The van der Waals surface area contributed by atoms with Crippen molar-refractivity contribution in [2.24, 2.45) is 0 Å². The van der Waals surface area contributed by atoms with Gasteiger partial charge in [0.1, 0.15) is 0 Å². The summed E-state index contributed by atoms with van der Waals surface area (Å²) >= 11 is 5.41. The predicted molar refractivity (Wildman–Crippen MR) is 78.2 cm³/mol. The van der Waals surface area contributed by atoms with Crippen molar-refractivity contribution in [2.45, 2.75) is 32.4 Å². The Bertz CT molecular complexity index is 317. The van der Waals surface area contributed by atoms with Crippen LogP contribution in [0.1, 0.15) is 31.9 Å². The zero-order chi connectivity index (χ0) is 12.0. The zero-order valence-corrected chi connectivity index (χ0v) is 12.6. The molecule has 0 spiro atoms. The van der Waals surface area contributed by atoms with Crippen LogP contribution in [0.4, 0.5) is 0 Å². The van der Waals surface area contributed by atoms with Crippen molar-refractivity contribution in [3.8, 4) is 0 Å². The zero-order valence-electron chi connectivity index (χ0n) is 10.2. The summed E-state index contributed by atoms with van der Waals surface area (Å²) in [7, 11) is 0. The smallest absolute Gasteiger partial charge is 0.0320 e. The molecule has 0 saturated carbocycles. The number of nitrogens with one attached hydrogen (secondary N) is 1. The van der Waals surface area contributed by atoms with Crippen molar-refractivity contribution in [1.82, 2.24) is 5.32 Å². The highest BCUT2D eigenvalue weighted by atomic mass is 79.9. The molecule has 2 atom stereocenters. The molecular formula is C13H20BrNS. The Balaban J connectivity index is 2.67. The van der Waals surface area contributed by atoms with Gasteiger partial charge in [0.25, 0.3) is 0 Å². The third kappa shape index (κ3) is 4.48. The van der Waals surface area contributed by atoms with Gasteiger partial charge in [0.15, 0.2) is 0 Å². The van der Waals surface area contributed by atoms with Crippen molar-refractivity contribution in [1.29, 1.82) is 0 Å². The van der Waals surface area contributed by atoms with Gasteiger partial charge in [0.05, 0.1) is 0 Å². The Labute approximate surface area is 112 Å². The minimum Gasteiger partial charge on any atom is -0.307 e. The van der Waals surface area contributed by atoms with Gasteiger partial charge in [-0.15, -0.1) is 0 Å². The average Bonchev–Trinajstić information content (AvgIpc) is 2.26. The van der Waals surface area contributed by atoms with Gasteiger partial charge < -0.3 is 5.32 Å². The molecular weight excluding hydrogens is 282 g/mol. The second kappa shape index (κ2) is 7.36. The fourth-order valence-corrected chi connectivity index (χ4v) is 2.83. The molecule has 0 amide bonds. The molecule has 0 heterocycles. The monoisotopic (exact) mass is 301 g/mol. The van der Waals surface area contributed by atoms with E-state index in [1.54, 1.807) is 0 Å². The number of benzene rings is 1. The Hall–Kier alpha value is 0.01000. The van der Waals surface area contributed by atoms with Crippen molar-refractivity contribution >= 4 is 27.7 Å². The molecule has 0 bridgehead atoms. The summed E-state index contributed by atoms with van der Waals surface area (Å²) < 4.78 is 1.16. The molecule has 1 aromatic carbocycles. The van der Waals surface area contributed by atoms with Crippen LogP contribution >= 0.6 is 27.7 Å². The van der Waals surface area contributed by atoms with E-state index in [0.717, 1.165) is 16.6 Å². The summed E-state index contributed by atoms with van der Waals surface area (Å²) in [5.74, 6) is 1.16. The molecule has 0 aliphatic carbocycles. The Kier molecular flexibility index (Phi) is 6.47. The molecule has 2 unspecified atom stereocenters. The first-order valence-electron chi connectivity index (χ1n) is 5.67. The summed E-state index contributed by atoms with van der Waals surface area (Å²) in [4.78, 5) is 0. The van der Waals surface area contributed by atoms with Crippen LogP contribution in [0.3, 0.4) is 0 Å². The van der Waals surface area contributed by atoms with E-state index in [1.807, 2.05) is 11.8 Å². The molecule has 90 valence electrons. The summed E-state index contributed by atoms with van der Waals surface area (Å²) in [5, 5.41) is 3.67. The lowest BCUT2D eigenvalue weighted by molar-refractivity contribution is 0.470. The average molecular weight is 302 g/mol. The molecule has 3 heteroatoms. The van der Waals surface area contributed by atoms with Crippen molar-refractivity contribution in [3.05, 3.63) is 34.3 Å². The van der Waals surface area contributed by atoms with Gasteiger partial charge in [0, 0.05) is 22.3 Å². The number of thioether (sulfide) groups is 1. The quantitative estimate of drug-likeness (QED) is 0.843. The van der Waals surface area contributed by atoms with E-state index in [9.17, 15) is 0 Å². The summed E-state index contributed by atoms with van der Waals surface area (Å²) in [5.41, 5.74) is 1.37. The second-order valence-electron chi connectivity index (χ2n) is 4.04. The van der Waals surface area contributed by atoms with Crippen LogP contribution in [-0.2, 0) is 0 Å². The fraction of sp³-hybridized carbons (Fsp3) is 0.538. The van der Waals surface area contributed by atoms with Crippen LogP contribution < -0.4 is 5.32 Å². The second-order valence-corrected chi connectivity index (χ2v) is 5.87. The summed E-state index contributed by atoms with van der Waals surface area (Å²) in [6.07, 6.45) is 3.27. The van der Waals surface area contributed by atoms with Crippen LogP contribution in [0, 0.1) is 0 Å². The molecule has 1 aromatic rings. The van der Waals surface area contributed by atoms with Crippen molar-refractivity contribution in [3.63, 3.8) is 0 Å². The third-order valence-corrected chi connectivity index (χ3v) is 3.89. The normalized spacial score (nSPS) is 14.8. The summed E-state index contributed by atoms with van der Waals surface area (Å²) in [6, 6.07) is 9.58.